The first-order valence-electron chi connectivity index (χ1n) is 4.95. The van der Waals surface area contributed by atoms with Crippen LogP contribution in [0.2, 0.25) is 0 Å². The number of nitrogens with one attached hydrogen (secondary N) is 1. The van der Waals surface area contributed by atoms with Crippen LogP contribution in [-0.2, 0) is 4.79 Å². The largest absolute Gasteiger partial charge is 0.481 e. The lowest BCUT2D eigenvalue weighted by Gasteiger charge is -2.13. The van der Waals surface area contributed by atoms with E-state index < -0.39 is 5.97 Å². The molecule has 0 aromatic heterocycles. The highest BCUT2D eigenvalue weighted by Crippen LogP contribution is 2.24. The number of anilines is 1. The number of carboxylic acid groups (broad SMARTS) is 1. The summed E-state index contributed by atoms with van der Waals surface area (Å²) in [5, 5.41) is 8.74. The third-order valence-electron chi connectivity index (χ3n) is 2.46. The summed E-state index contributed by atoms with van der Waals surface area (Å²) in [5.41, 5.74) is 4.40. The van der Waals surface area contributed by atoms with Crippen LogP contribution >= 0.6 is 0 Å². The standard InChI is InChI=1S/C11H16N2O2/c1-2-8(7-11(14)15)9-3-5-10(13-12)6-4-9/h3-6,8,13H,2,7,12H2,1H3,(H,14,15). The molecular formula is C11H16N2O2. The molecule has 0 saturated carbocycles. The second-order valence-electron chi connectivity index (χ2n) is 3.47. The van der Waals surface area contributed by atoms with E-state index in [-0.39, 0.29) is 12.3 Å². The average molecular weight is 208 g/mol. The Hall–Kier alpha value is -1.55. The van der Waals surface area contributed by atoms with Crippen LogP contribution in [0.25, 0.3) is 0 Å². The van der Waals surface area contributed by atoms with Gasteiger partial charge in [-0.05, 0) is 30.0 Å². The van der Waals surface area contributed by atoms with Gasteiger partial charge in [0.2, 0.25) is 0 Å². The van der Waals surface area contributed by atoms with Crippen molar-refractivity contribution in [2.24, 2.45) is 5.84 Å². The third-order valence-corrected chi connectivity index (χ3v) is 2.46. The molecule has 4 nitrogen and oxygen atoms in total. The highest BCUT2D eigenvalue weighted by atomic mass is 16.4. The smallest absolute Gasteiger partial charge is 0.303 e. The van der Waals surface area contributed by atoms with Crippen LogP contribution in [0.4, 0.5) is 5.69 Å². The van der Waals surface area contributed by atoms with Crippen LogP contribution in [0.5, 0.6) is 0 Å². The Morgan fingerprint density at radius 1 is 1.47 bits per heavy atom. The minimum absolute atomic E-state index is 0.0781. The maximum Gasteiger partial charge on any atom is 0.303 e. The van der Waals surface area contributed by atoms with Crippen LogP contribution in [-0.4, -0.2) is 11.1 Å². The number of hydrogen-bond acceptors (Lipinski definition) is 3. The van der Waals surface area contributed by atoms with Crippen molar-refractivity contribution < 1.29 is 9.90 Å². The Labute approximate surface area is 89.1 Å². The summed E-state index contributed by atoms with van der Waals surface area (Å²) in [4.78, 5) is 10.6. The van der Waals surface area contributed by atoms with Gasteiger partial charge in [-0.25, -0.2) is 0 Å². The summed E-state index contributed by atoms with van der Waals surface area (Å²) in [7, 11) is 0. The Morgan fingerprint density at radius 3 is 2.47 bits per heavy atom. The molecule has 1 unspecified atom stereocenters. The van der Waals surface area contributed by atoms with Gasteiger partial charge in [0.1, 0.15) is 0 Å². The number of carbonyl (C=O) groups is 1. The first-order chi connectivity index (χ1) is 7.17. The zero-order valence-corrected chi connectivity index (χ0v) is 8.73. The normalized spacial score (nSPS) is 12.1. The number of benzene rings is 1. The Bertz CT molecular complexity index is 322. The highest BCUT2D eigenvalue weighted by Gasteiger charge is 2.12. The van der Waals surface area contributed by atoms with Crippen molar-refractivity contribution in [2.45, 2.75) is 25.7 Å². The lowest BCUT2D eigenvalue weighted by molar-refractivity contribution is -0.137. The molecule has 0 spiro atoms. The summed E-state index contributed by atoms with van der Waals surface area (Å²) in [6.07, 6.45) is 0.994. The van der Waals surface area contributed by atoms with Crippen LogP contribution in [0.15, 0.2) is 24.3 Å². The van der Waals surface area contributed by atoms with Crippen molar-refractivity contribution in [3.63, 3.8) is 0 Å². The van der Waals surface area contributed by atoms with Crippen molar-refractivity contribution in [1.82, 2.24) is 0 Å². The summed E-state index contributed by atoms with van der Waals surface area (Å²) in [6, 6.07) is 7.51. The van der Waals surface area contributed by atoms with E-state index in [1.54, 1.807) is 0 Å². The number of nitrogen functional groups attached to an aromatic ring is 1. The third kappa shape index (κ3) is 3.25. The Kier molecular flexibility index (Phi) is 4.12. The molecule has 15 heavy (non-hydrogen) atoms. The van der Waals surface area contributed by atoms with Gasteiger partial charge in [-0.2, -0.15) is 0 Å². The van der Waals surface area contributed by atoms with E-state index in [1.807, 2.05) is 31.2 Å². The SMILES string of the molecule is CCC(CC(=O)O)c1ccc(NN)cc1. The van der Waals surface area contributed by atoms with E-state index in [9.17, 15) is 4.79 Å². The average Bonchev–Trinajstić information content (AvgIpc) is 2.26. The molecule has 4 heteroatoms. The molecule has 0 aliphatic heterocycles. The second-order valence-corrected chi connectivity index (χ2v) is 3.47. The number of aliphatic carboxylic acids is 1. The van der Waals surface area contributed by atoms with E-state index in [0.29, 0.717) is 0 Å². The molecule has 0 heterocycles. The zero-order valence-electron chi connectivity index (χ0n) is 8.73. The van der Waals surface area contributed by atoms with Crippen molar-refractivity contribution >= 4 is 11.7 Å². The minimum Gasteiger partial charge on any atom is -0.481 e. The summed E-state index contributed by atoms with van der Waals surface area (Å²) < 4.78 is 0. The van der Waals surface area contributed by atoms with E-state index in [4.69, 9.17) is 10.9 Å². The molecule has 1 aromatic carbocycles. The van der Waals surface area contributed by atoms with Crippen LogP contribution < -0.4 is 11.3 Å². The minimum atomic E-state index is -0.761. The maximum atomic E-state index is 10.6. The monoisotopic (exact) mass is 208 g/mol. The summed E-state index contributed by atoms with van der Waals surface area (Å²) in [5.74, 6) is 4.56. The molecule has 0 bridgehead atoms. The molecular weight excluding hydrogens is 192 g/mol. The zero-order chi connectivity index (χ0) is 11.3. The topological polar surface area (TPSA) is 75.3 Å². The number of hydrogen-bond donors (Lipinski definition) is 3. The van der Waals surface area contributed by atoms with Crippen LogP contribution in [0.3, 0.4) is 0 Å². The number of nitrogens with two attached hydrogens (primary N) is 1. The fourth-order valence-corrected chi connectivity index (χ4v) is 1.56. The molecule has 0 fully saturated rings. The fraction of sp³-hybridized carbons (Fsp3) is 0.364. The number of hydrazine groups is 1. The highest BCUT2D eigenvalue weighted by molar-refractivity contribution is 5.68. The molecule has 0 aliphatic rings. The molecule has 1 rings (SSSR count). The van der Waals surface area contributed by atoms with Gasteiger partial charge < -0.3 is 10.5 Å². The molecule has 1 atom stereocenters. The van der Waals surface area contributed by atoms with E-state index in [0.717, 1.165) is 17.7 Å². The van der Waals surface area contributed by atoms with Crippen LogP contribution in [0, 0.1) is 0 Å². The molecule has 1 aromatic rings. The van der Waals surface area contributed by atoms with E-state index in [2.05, 4.69) is 5.43 Å². The van der Waals surface area contributed by atoms with Gasteiger partial charge in [0.25, 0.3) is 0 Å². The molecule has 0 saturated heterocycles. The fourth-order valence-electron chi connectivity index (χ4n) is 1.56. The lowest BCUT2D eigenvalue weighted by Crippen LogP contribution is -2.08. The van der Waals surface area contributed by atoms with Gasteiger partial charge in [0.05, 0.1) is 6.42 Å². The molecule has 0 amide bonds. The lowest BCUT2D eigenvalue weighted by atomic mass is 9.93. The number of carboxylic acids is 1. The van der Waals surface area contributed by atoms with Crippen molar-refractivity contribution in [1.29, 1.82) is 0 Å². The van der Waals surface area contributed by atoms with Gasteiger partial charge in [0, 0.05) is 5.69 Å². The predicted molar refractivity (Wildman–Crippen MR) is 59.5 cm³/mol. The Balaban J connectivity index is 2.78. The Morgan fingerprint density at radius 2 is 2.07 bits per heavy atom. The van der Waals surface area contributed by atoms with E-state index >= 15 is 0 Å². The molecule has 0 aliphatic carbocycles. The molecule has 4 N–H and O–H groups in total. The summed E-state index contributed by atoms with van der Waals surface area (Å²) in [6.45, 7) is 1.99. The van der Waals surface area contributed by atoms with Crippen molar-refractivity contribution in [3.8, 4) is 0 Å². The molecule has 0 radical (unpaired) electrons. The second kappa shape index (κ2) is 5.36. The first-order valence-corrected chi connectivity index (χ1v) is 4.95. The van der Waals surface area contributed by atoms with Gasteiger partial charge in [-0.1, -0.05) is 19.1 Å². The predicted octanol–water partition coefficient (Wildman–Crippen LogP) is 1.94. The molecule has 82 valence electrons. The van der Waals surface area contributed by atoms with Gasteiger partial charge >= 0.3 is 5.97 Å². The van der Waals surface area contributed by atoms with Crippen LogP contribution in [0.1, 0.15) is 31.2 Å². The van der Waals surface area contributed by atoms with Gasteiger partial charge in [-0.3, -0.25) is 10.6 Å². The maximum absolute atomic E-state index is 10.6. The summed E-state index contributed by atoms with van der Waals surface area (Å²) >= 11 is 0. The van der Waals surface area contributed by atoms with Gasteiger partial charge in [-0.15, -0.1) is 0 Å². The first kappa shape index (κ1) is 11.5. The van der Waals surface area contributed by atoms with Crippen molar-refractivity contribution in [3.05, 3.63) is 29.8 Å². The van der Waals surface area contributed by atoms with Gasteiger partial charge in [0.15, 0.2) is 0 Å². The van der Waals surface area contributed by atoms with E-state index in [1.165, 1.54) is 0 Å². The van der Waals surface area contributed by atoms with Crippen molar-refractivity contribution in [2.75, 3.05) is 5.43 Å². The number of rotatable bonds is 5. The quantitative estimate of drug-likeness (QED) is 0.510.